The highest BCUT2D eigenvalue weighted by Gasteiger charge is 2.21. The molecular weight excluding hydrogens is 266 g/mol. The molecule has 108 valence electrons. The molecule has 1 aromatic rings. The van der Waals surface area contributed by atoms with Crippen molar-refractivity contribution in [1.82, 2.24) is 15.0 Å². The molecule has 1 atom stereocenters. The Morgan fingerprint density at radius 2 is 2.21 bits per heavy atom. The molecule has 0 spiro atoms. The van der Waals surface area contributed by atoms with Crippen molar-refractivity contribution < 1.29 is 12.8 Å². The summed E-state index contributed by atoms with van der Waals surface area (Å²) in [6.45, 7) is 4.66. The van der Waals surface area contributed by atoms with Gasteiger partial charge in [-0.3, -0.25) is 0 Å². The number of aromatic nitrogens is 1. The third-order valence-corrected chi connectivity index (χ3v) is 4.77. The highest BCUT2D eigenvalue weighted by atomic mass is 32.2. The lowest BCUT2D eigenvalue weighted by Crippen LogP contribution is -2.42. The van der Waals surface area contributed by atoms with Crippen LogP contribution >= 0.6 is 0 Å². The molecule has 6 nitrogen and oxygen atoms in total. The normalized spacial score (nSPS) is 20.6. The van der Waals surface area contributed by atoms with E-state index in [1.807, 2.05) is 13.8 Å². The van der Waals surface area contributed by atoms with Crippen molar-refractivity contribution in [1.29, 1.82) is 0 Å². The summed E-state index contributed by atoms with van der Waals surface area (Å²) in [5, 5.41) is 3.23. The van der Waals surface area contributed by atoms with Gasteiger partial charge in [-0.25, -0.2) is 18.1 Å². The van der Waals surface area contributed by atoms with Crippen LogP contribution in [0, 0.1) is 13.8 Å². The van der Waals surface area contributed by atoms with Crippen molar-refractivity contribution in [3.8, 4) is 0 Å². The van der Waals surface area contributed by atoms with Gasteiger partial charge in [0.05, 0.1) is 18.0 Å². The van der Waals surface area contributed by atoms with E-state index in [2.05, 4.69) is 15.0 Å². The Morgan fingerprint density at radius 3 is 2.79 bits per heavy atom. The van der Waals surface area contributed by atoms with E-state index < -0.39 is 10.0 Å². The molecule has 1 aromatic heterocycles. The average Bonchev–Trinajstić information content (AvgIpc) is 2.67. The smallest absolute Gasteiger partial charge is 0.213 e. The van der Waals surface area contributed by atoms with Gasteiger partial charge in [0, 0.05) is 6.04 Å². The van der Waals surface area contributed by atoms with Crippen LogP contribution in [0.25, 0.3) is 0 Å². The Morgan fingerprint density at radius 1 is 1.42 bits per heavy atom. The van der Waals surface area contributed by atoms with E-state index in [1.54, 1.807) is 0 Å². The zero-order valence-electron chi connectivity index (χ0n) is 11.4. The number of sulfonamides is 1. The quantitative estimate of drug-likeness (QED) is 0.839. The number of piperidine rings is 1. The maximum absolute atomic E-state index is 11.9. The second kappa shape index (κ2) is 6.02. The molecule has 1 fully saturated rings. The first-order chi connectivity index (χ1) is 8.96. The van der Waals surface area contributed by atoms with E-state index in [4.69, 9.17) is 4.42 Å². The molecule has 2 rings (SSSR count). The maximum Gasteiger partial charge on any atom is 0.213 e. The fourth-order valence-electron chi connectivity index (χ4n) is 2.18. The third kappa shape index (κ3) is 4.29. The summed E-state index contributed by atoms with van der Waals surface area (Å²) in [6.07, 6.45) is 3.13. The highest BCUT2D eigenvalue weighted by Crippen LogP contribution is 2.10. The van der Waals surface area contributed by atoms with Crippen LogP contribution in [0.4, 0.5) is 0 Å². The molecule has 2 heterocycles. The summed E-state index contributed by atoms with van der Waals surface area (Å²) >= 11 is 0. The predicted octanol–water partition coefficient (Wildman–Crippen LogP) is 0.853. The topological polar surface area (TPSA) is 84.2 Å². The van der Waals surface area contributed by atoms with Crippen LogP contribution < -0.4 is 10.0 Å². The molecule has 0 saturated carbocycles. The van der Waals surface area contributed by atoms with Gasteiger partial charge in [0.2, 0.25) is 15.9 Å². The molecule has 19 heavy (non-hydrogen) atoms. The molecule has 0 aliphatic carbocycles. The van der Waals surface area contributed by atoms with E-state index in [1.165, 1.54) is 0 Å². The molecule has 0 bridgehead atoms. The van der Waals surface area contributed by atoms with Gasteiger partial charge in [-0.15, -0.1) is 0 Å². The number of nitrogens with zero attached hydrogens (tertiary/aromatic N) is 1. The third-order valence-electron chi connectivity index (χ3n) is 3.35. The molecule has 1 saturated heterocycles. The van der Waals surface area contributed by atoms with Crippen LogP contribution in [0.1, 0.15) is 36.6 Å². The standard InChI is InChI=1S/C12H21N3O3S/c1-9-10(2)18-12(15-9)7-14-19(16,17)8-11-5-3-4-6-13-11/h11,13-14H,3-8H2,1-2H3. The van der Waals surface area contributed by atoms with Crippen molar-refractivity contribution in [2.24, 2.45) is 0 Å². The van der Waals surface area contributed by atoms with Gasteiger partial charge in [-0.2, -0.15) is 0 Å². The second-order valence-electron chi connectivity index (χ2n) is 5.00. The number of hydrogen-bond donors (Lipinski definition) is 2. The minimum absolute atomic E-state index is 0.0549. The zero-order chi connectivity index (χ0) is 13.9. The molecule has 0 amide bonds. The predicted molar refractivity (Wildman–Crippen MR) is 72.2 cm³/mol. The first kappa shape index (κ1) is 14.5. The van der Waals surface area contributed by atoms with Crippen LogP contribution in [0.3, 0.4) is 0 Å². The van der Waals surface area contributed by atoms with Crippen LogP contribution in [0.2, 0.25) is 0 Å². The van der Waals surface area contributed by atoms with Gasteiger partial charge in [0.15, 0.2) is 0 Å². The Labute approximate surface area is 114 Å². The van der Waals surface area contributed by atoms with Gasteiger partial charge < -0.3 is 9.73 Å². The monoisotopic (exact) mass is 287 g/mol. The van der Waals surface area contributed by atoms with Gasteiger partial charge in [0.1, 0.15) is 5.76 Å². The fourth-order valence-corrected chi connectivity index (χ4v) is 3.45. The highest BCUT2D eigenvalue weighted by molar-refractivity contribution is 7.89. The Hall–Kier alpha value is -0.920. The lowest BCUT2D eigenvalue weighted by molar-refractivity contribution is 0.420. The first-order valence-electron chi connectivity index (χ1n) is 6.60. The Kier molecular flexibility index (Phi) is 4.59. The van der Waals surface area contributed by atoms with Gasteiger partial charge >= 0.3 is 0 Å². The largest absolute Gasteiger partial charge is 0.444 e. The maximum atomic E-state index is 11.9. The second-order valence-corrected chi connectivity index (χ2v) is 6.85. The van der Waals surface area contributed by atoms with Gasteiger partial charge in [-0.05, 0) is 33.2 Å². The molecule has 1 aliphatic rings. The van der Waals surface area contributed by atoms with E-state index in [9.17, 15) is 8.42 Å². The lowest BCUT2D eigenvalue weighted by atomic mass is 10.1. The number of oxazole rings is 1. The summed E-state index contributed by atoms with van der Waals surface area (Å²) in [4.78, 5) is 4.15. The Balaban J connectivity index is 1.86. The van der Waals surface area contributed by atoms with E-state index in [-0.39, 0.29) is 18.3 Å². The van der Waals surface area contributed by atoms with Crippen molar-refractivity contribution in [2.75, 3.05) is 12.3 Å². The van der Waals surface area contributed by atoms with Crippen LogP contribution in [0.5, 0.6) is 0 Å². The summed E-state index contributed by atoms with van der Waals surface area (Å²) < 4.78 is 31.8. The summed E-state index contributed by atoms with van der Waals surface area (Å²) in [7, 11) is -3.30. The molecule has 0 aromatic carbocycles. The summed E-state index contributed by atoms with van der Waals surface area (Å²) in [5.41, 5.74) is 0.795. The van der Waals surface area contributed by atoms with Crippen LogP contribution in [-0.2, 0) is 16.6 Å². The number of rotatable bonds is 5. The molecule has 7 heteroatoms. The van der Waals surface area contributed by atoms with Gasteiger partial charge in [0.25, 0.3) is 0 Å². The van der Waals surface area contributed by atoms with Crippen molar-refractivity contribution in [2.45, 2.75) is 45.7 Å². The van der Waals surface area contributed by atoms with Crippen LogP contribution in [-0.4, -0.2) is 31.7 Å². The lowest BCUT2D eigenvalue weighted by Gasteiger charge is -2.23. The minimum Gasteiger partial charge on any atom is -0.444 e. The van der Waals surface area contributed by atoms with Crippen molar-refractivity contribution >= 4 is 10.0 Å². The van der Waals surface area contributed by atoms with E-state index in [0.29, 0.717) is 5.89 Å². The molecule has 0 radical (unpaired) electrons. The van der Waals surface area contributed by atoms with Crippen molar-refractivity contribution in [3.05, 3.63) is 17.3 Å². The minimum atomic E-state index is -3.30. The molecule has 1 unspecified atom stereocenters. The average molecular weight is 287 g/mol. The number of hydrogen-bond acceptors (Lipinski definition) is 5. The number of aryl methyl sites for hydroxylation is 2. The van der Waals surface area contributed by atoms with Crippen molar-refractivity contribution in [3.63, 3.8) is 0 Å². The Bertz CT molecular complexity index is 499. The van der Waals surface area contributed by atoms with Gasteiger partial charge in [-0.1, -0.05) is 6.42 Å². The van der Waals surface area contributed by atoms with E-state index in [0.717, 1.165) is 37.3 Å². The summed E-state index contributed by atoms with van der Waals surface area (Å²) in [5.74, 6) is 1.25. The molecule has 1 aliphatic heterocycles. The molecular formula is C12H21N3O3S. The summed E-state index contributed by atoms with van der Waals surface area (Å²) in [6, 6.07) is 0.0549. The van der Waals surface area contributed by atoms with E-state index >= 15 is 0 Å². The SMILES string of the molecule is Cc1nc(CNS(=O)(=O)CC2CCCCN2)oc1C. The molecule has 2 N–H and O–H groups in total. The zero-order valence-corrected chi connectivity index (χ0v) is 12.2. The first-order valence-corrected chi connectivity index (χ1v) is 8.25. The van der Waals surface area contributed by atoms with Crippen LogP contribution in [0.15, 0.2) is 4.42 Å². The number of nitrogens with one attached hydrogen (secondary N) is 2. The fraction of sp³-hybridized carbons (Fsp3) is 0.750.